The van der Waals surface area contributed by atoms with E-state index in [1.54, 1.807) is 6.07 Å². The number of benzene rings is 3. The van der Waals surface area contributed by atoms with E-state index in [1.807, 2.05) is 42.5 Å². The first kappa shape index (κ1) is 17.0. The van der Waals surface area contributed by atoms with Crippen LogP contribution >= 0.6 is 0 Å². The molecule has 0 aliphatic heterocycles. The van der Waals surface area contributed by atoms with E-state index in [-0.39, 0.29) is 17.7 Å². The molecule has 28 heavy (non-hydrogen) atoms. The minimum absolute atomic E-state index is 0.122. The maximum atomic E-state index is 13.1. The number of hydrogen-bond donors (Lipinski definition) is 1. The van der Waals surface area contributed by atoms with Gasteiger partial charge >= 0.3 is 0 Å². The molecule has 140 valence electrons. The van der Waals surface area contributed by atoms with Crippen LogP contribution in [-0.4, -0.2) is 16.3 Å². The number of hydrogen-bond acceptors (Lipinski definition) is 4. The molecule has 0 bridgehead atoms. The van der Waals surface area contributed by atoms with Crippen LogP contribution in [0.4, 0.5) is 0 Å². The zero-order valence-electron chi connectivity index (χ0n) is 15.3. The van der Waals surface area contributed by atoms with Crippen LogP contribution in [0, 0.1) is 0 Å². The van der Waals surface area contributed by atoms with Crippen molar-refractivity contribution in [2.75, 3.05) is 6.61 Å². The highest BCUT2D eigenvalue weighted by atomic mass is 16.3. The summed E-state index contributed by atoms with van der Waals surface area (Å²) in [6.07, 6.45) is 2.13. The fourth-order valence-corrected chi connectivity index (χ4v) is 4.17. The van der Waals surface area contributed by atoms with E-state index >= 15 is 0 Å². The zero-order chi connectivity index (χ0) is 19.3. The summed E-state index contributed by atoms with van der Waals surface area (Å²) in [6.45, 7) is 0.485. The number of aliphatic hydroxyl groups excluding tert-OH is 1. The molecule has 0 atom stereocenters. The topological polar surface area (TPSA) is 72.4 Å². The quantitative estimate of drug-likeness (QED) is 0.287. The Balaban J connectivity index is 1.85. The Morgan fingerprint density at radius 2 is 1.43 bits per heavy atom. The Hall–Kier alpha value is -3.18. The molecule has 0 aliphatic rings. The minimum atomic E-state index is -0.260. The third-order valence-electron chi connectivity index (χ3n) is 5.51. The van der Waals surface area contributed by atoms with Crippen LogP contribution in [0.1, 0.15) is 19.3 Å². The predicted octanol–water partition coefficient (Wildman–Crippen LogP) is 4.01. The van der Waals surface area contributed by atoms with Crippen LogP contribution in [0.15, 0.2) is 62.5 Å². The molecule has 5 aromatic rings. The number of rotatable bonds is 5. The first-order valence-corrected chi connectivity index (χ1v) is 9.54. The van der Waals surface area contributed by atoms with Gasteiger partial charge in [-0.25, -0.2) is 0 Å². The maximum Gasteiger partial charge on any atom is 0.261 e. The lowest BCUT2D eigenvalue weighted by molar-refractivity contribution is 0.281. The van der Waals surface area contributed by atoms with Gasteiger partial charge < -0.3 is 9.52 Å². The summed E-state index contributed by atoms with van der Waals surface area (Å²) in [6, 6.07) is 15.1. The molecule has 3 aromatic carbocycles. The van der Waals surface area contributed by atoms with E-state index in [0.29, 0.717) is 41.1 Å². The van der Waals surface area contributed by atoms with Gasteiger partial charge in [0.05, 0.1) is 0 Å². The zero-order valence-corrected chi connectivity index (χ0v) is 15.3. The van der Waals surface area contributed by atoms with E-state index in [9.17, 15) is 9.59 Å². The Labute approximate surface area is 159 Å². The van der Waals surface area contributed by atoms with Crippen LogP contribution in [0.2, 0.25) is 0 Å². The number of pyridine rings is 1. The number of para-hydroxylation sites is 1. The molecule has 5 heteroatoms. The van der Waals surface area contributed by atoms with Crippen LogP contribution in [0.5, 0.6) is 0 Å². The SMILES string of the molecule is O=c1c2ccc3oc4ccccc4c4ccc(c(=O)n1CCCCCO)c2c34. The van der Waals surface area contributed by atoms with Gasteiger partial charge in [-0.2, -0.15) is 0 Å². The van der Waals surface area contributed by atoms with Gasteiger partial charge in [-0.15, -0.1) is 0 Å². The molecule has 1 N–H and O–H groups in total. The van der Waals surface area contributed by atoms with Gasteiger partial charge in [0, 0.05) is 40.1 Å². The molecule has 0 saturated carbocycles. The van der Waals surface area contributed by atoms with E-state index in [4.69, 9.17) is 9.52 Å². The van der Waals surface area contributed by atoms with Crippen molar-refractivity contribution in [3.05, 3.63) is 69.2 Å². The fourth-order valence-electron chi connectivity index (χ4n) is 4.17. The lowest BCUT2D eigenvalue weighted by Gasteiger charge is -2.13. The largest absolute Gasteiger partial charge is 0.456 e. The van der Waals surface area contributed by atoms with Crippen LogP contribution in [0.25, 0.3) is 43.5 Å². The molecule has 0 fully saturated rings. The van der Waals surface area contributed by atoms with Crippen molar-refractivity contribution in [2.45, 2.75) is 25.8 Å². The summed E-state index contributed by atoms with van der Waals surface area (Å²) >= 11 is 0. The molecule has 2 aromatic heterocycles. The summed E-state index contributed by atoms with van der Waals surface area (Å²) in [5.74, 6) is 0. The number of nitrogens with zero attached hydrogens (tertiary/aromatic N) is 1. The van der Waals surface area contributed by atoms with Crippen LogP contribution < -0.4 is 11.1 Å². The van der Waals surface area contributed by atoms with Gasteiger partial charge in [-0.3, -0.25) is 14.2 Å². The monoisotopic (exact) mass is 373 g/mol. The molecule has 0 radical (unpaired) electrons. The van der Waals surface area contributed by atoms with E-state index in [2.05, 4.69) is 0 Å². The molecule has 0 unspecified atom stereocenters. The Morgan fingerprint density at radius 1 is 0.714 bits per heavy atom. The third-order valence-corrected chi connectivity index (χ3v) is 5.51. The molecule has 0 aliphatic carbocycles. The Bertz CT molecular complexity index is 1410. The lowest BCUT2D eigenvalue weighted by Crippen LogP contribution is -2.33. The van der Waals surface area contributed by atoms with Crippen molar-refractivity contribution < 1.29 is 9.52 Å². The number of aromatic nitrogens is 1. The van der Waals surface area contributed by atoms with Gasteiger partial charge in [0.1, 0.15) is 11.2 Å². The fraction of sp³-hybridized carbons (Fsp3) is 0.217. The first-order valence-electron chi connectivity index (χ1n) is 9.54. The Morgan fingerprint density at radius 3 is 2.21 bits per heavy atom. The minimum Gasteiger partial charge on any atom is -0.456 e. The van der Waals surface area contributed by atoms with E-state index in [0.717, 1.165) is 28.2 Å². The summed E-state index contributed by atoms with van der Waals surface area (Å²) in [5.41, 5.74) is 0.927. The van der Waals surface area contributed by atoms with Crippen molar-refractivity contribution in [3.8, 4) is 0 Å². The average Bonchev–Trinajstić information content (AvgIpc) is 2.72. The molecule has 5 rings (SSSR count). The molecule has 5 nitrogen and oxygen atoms in total. The second-order valence-electron chi connectivity index (χ2n) is 7.17. The van der Waals surface area contributed by atoms with E-state index in [1.165, 1.54) is 4.57 Å². The smallest absolute Gasteiger partial charge is 0.261 e. The van der Waals surface area contributed by atoms with Gasteiger partial charge in [0.15, 0.2) is 0 Å². The number of aliphatic hydroxyl groups is 1. The summed E-state index contributed by atoms with van der Waals surface area (Å²) in [7, 11) is 0. The molecule has 0 spiro atoms. The molecular weight excluding hydrogens is 354 g/mol. The number of fused-ring (bicyclic) bond motifs is 2. The second-order valence-corrected chi connectivity index (χ2v) is 7.17. The van der Waals surface area contributed by atoms with Crippen molar-refractivity contribution in [3.63, 3.8) is 0 Å². The average molecular weight is 373 g/mol. The summed E-state index contributed by atoms with van der Waals surface area (Å²) < 4.78 is 7.39. The van der Waals surface area contributed by atoms with Gasteiger partial charge in [-0.1, -0.05) is 24.3 Å². The second kappa shape index (κ2) is 6.46. The van der Waals surface area contributed by atoms with Crippen molar-refractivity contribution in [1.82, 2.24) is 4.57 Å². The maximum absolute atomic E-state index is 13.1. The highest BCUT2D eigenvalue weighted by molar-refractivity contribution is 6.26. The lowest BCUT2D eigenvalue weighted by atomic mass is 9.96. The standard InChI is InChI=1S/C23H19NO4/c25-13-5-1-4-12-24-22(26)16-9-8-15-14-6-2-3-7-18(14)28-19-11-10-17(23(24)27)20(16)21(15)19/h2-3,6-11,25H,1,4-5,12-13H2. The van der Waals surface area contributed by atoms with Gasteiger partial charge in [0.25, 0.3) is 11.1 Å². The van der Waals surface area contributed by atoms with Crippen LogP contribution in [0.3, 0.4) is 0 Å². The highest BCUT2D eigenvalue weighted by Crippen LogP contribution is 2.36. The first-order chi connectivity index (χ1) is 13.7. The van der Waals surface area contributed by atoms with Crippen molar-refractivity contribution in [1.29, 1.82) is 0 Å². The molecular formula is C23H19NO4. The third kappa shape index (κ3) is 2.36. The predicted molar refractivity (Wildman–Crippen MR) is 111 cm³/mol. The molecule has 0 saturated heterocycles. The normalized spacial score (nSPS) is 12.0. The van der Waals surface area contributed by atoms with Crippen molar-refractivity contribution >= 4 is 43.5 Å². The molecule has 2 heterocycles. The summed E-state index contributed by atoms with van der Waals surface area (Å²) in [4.78, 5) is 26.1. The van der Waals surface area contributed by atoms with Gasteiger partial charge in [0.2, 0.25) is 0 Å². The van der Waals surface area contributed by atoms with Crippen molar-refractivity contribution in [2.24, 2.45) is 0 Å². The summed E-state index contributed by atoms with van der Waals surface area (Å²) in [5, 5.41) is 13.5. The van der Waals surface area contributed by atoms with Gasteiger partial charge in [-0.05, 0) is 48.9 Å². The highest BCUT2D eigenvalue weighted by Gasteiger charge is 2.18. The number of unbranched alkanes of at least 4 members (excludes halogenated alkanes) is 2. The Kier molecular flexibility index (Phi) is 3.91. The van der Waals surface area contributed by atoms with Crippen LogP contribution in [-0.2, 0) is 6.54 Å². The molecule has 0 amide bonds. The van der Waals surface area contributed by atoms with E-state index < -0.39 is 0 Å².